The van der Waals surface area contributed by atoms with Gasteiger partial charge in [-0.1, -0.05) is 31.2 Å². The van der Waals surface area contributed by atoms with Gasteiger partial charge in [-0.2, -0.15) is 17.7 Å². The molecule has 214 valence electrons. The molecular formula is C28H31N7O5S. The number of aromatic nitrogens is 3. The van der Waals surface area contributed by atoms with Gasteiger partial charge in [-0.25, -0.2) is 15.6 Å². The number of anilines is 2. The lowest BCUT2D eigenvalue weighted by Crippen LogP contribution is -2.41. The third kappa shape index (κ3) is 6.12. The Kier molecular flexibility index (Phi) is 8.13. The average molecular weight is 578 g/mol. The van der Waals surface area contributed by atoms with E-state index in [9.17, 15) is 18.0 Å². The fourth-order valence-electron chi connectivity index (χ4n) is 4.98. The fourth-order valence-corrected chi connectivity index (χ4v) is 5.70. The normalized spacial score (nSPS) is 14.7. The van der Waals surface area contributed by atoms with Crippen LogP contribution in [-0.2, 0) is 21.5 Å². The fraction of sp³-hybridized carbons (Fsp3) is 0.286. The molecule has 1 aliphatic rings. The van der Waals surface area contributed by atoms with Gasteiger partial charge in [0.1, 0.15) is 5.56 Å². The number of fused-ring (bicyclic) bond motifs is 1. The molecule has 41 heavy (non-hydrogen) atoms. The maximum absolute atomic E-state index is 13.2. The average Bonchev–Trinajstić information content (AvgIpc) is 2.97. The number of pyridine rings is 1. The molecule has 1 fully saturated rings. The molecule has 0 aliphatic carbocycles. The number of hydroxylamine groups is 1. The molecule has 4 aromatic rings. The molecule has 5 rings (SSSR count). The molecule has 13 heteroatoms. The monoisotopic (exact) mass is 577 g/mol. The van der Waals surface area contributed by atoms with E-state index in [4.69, 9.17) is 9.98 Å². The van der Waals surface area contributed by atoms with Crippen molar-refractivity contribution in [2.75, 3.05) is 25.5 Å². The van der Waals surface area contributed by atoms with E-state index in [0.717, 1.165) is 28.9 Å². The van der Waals surface area contributed by atoms with Crippen LogP contribution in [-0.4, -0.2) is 53.4 Å². The standard InChI is InChI=1S/C28H31N7O5S/c1-3-18-4-10-22(11-5-18)35-17-24(27(37)33-40-2)25(36)23-16-30-28(32-26(23)35)31-21-8-6-19(7-9-21)20-12-14-34(15-13-20)41(29,38)39/h4-11,16-17,20H,3,12-15H2,1-2H3,(H,33,37)(H2,29,38,39)(H,30,31,32). The number of carbonyl (C=O) groups is 1. The lowest BCUT2D eigenvalue weighted by molar-refractivity contribution is 0.0536. The highest BCUT2D eigenvalue weighted by atomic mass is 32.2. The Morgan fingerprint density at radius 3 is 2.39 bits per heavy atom. The van der Waals surface area contributed by atoms with E-state index in [2.05, 4.69) is 27.7 Å². The molecule has 4 N–H and O–H groups in total. The van der Waals surface area contributed by atoms with E-state index in [-0.39, 0.29) is 22.8 Å². The summed E-state index contributed by atoms with van der Waals surface area (Å²) in [6, 6.07) is 15.6. The highest BCUT2D eigenvalue weighted by Crippen LogP contribution is 2.30. The van der Waals surface area contributed by atoms with Gasteiger partial charge in [0.2, 0.25) is 11.4 Å². The summed E-state index contributed by atoms with van der Waals surface area (Å²) in [6.45, 7) is 2.85. The number of rotatable bonds is 8. The van der Waals surface area contributed by atoms with Gasteiger partial charge < -0.3 is 9.88 Å². The molecule has 1 amide bonds. The molecule has 0 unspecified atom stereocenters. The van der Waals surface area contributed by atoms with Crippen LogP contribution in [0.5, 0.6) is 0 Å². The lowest BCUT2D eigenvalue weighted by Gasteiger charge is -2.30. The molecule has 12 nitrogen and oxygen atoms in total. The van der Waals surface area contributed by atoms with E-state index >= 15 is 0 Å². The van der Waals surface area contributed by atoms with Crippen LogP contribution in [0.4, 0.5) is 11.6 Å². The Morgan fingerprint density at radius 2 is 1.78 bits per heavy atom. The molecule has 0 radical (unpaired) electrons. The Labute approximate surface area is 237 Å². The topological polar surface area (TPSA) is 162 Å². The summed E-state index contributed by atoms with van der Waals surface area (Å²) in [5.41, 5.74) is 5.64. The van der Waals surface area contributed by atoms with Crippen molar-refractivity contribution >= 4 is 38.8 Å². The summed E-state index contributed by atoms with van der Waals surface area (Å²) in [4.78, 5) is 39.5. The number of hydrogen-bond donors (Lipinski definition) is 3. The van der Waals surface area contributed by atoms with Crippen LogP contribution in [0.25, 0.3) is 16.7 Å². The zero-order chi connectivity index (χ0) is 29.1. The van der Waals surface area contributed by atoms with Gasteiger partial charge in [0.25, 0.3) is 16.1 Å². The number of aryl methyl sites for hydroxylation is 1. The second-order valence-corrected chi connectivity index (χ2v) is 11.3. The van der Waals surface area contributed by atoms with Gasteiger partial charge >= 0.3 is 0 Å². The minimum Gasteiger partial charge on any atom is -0.324 e. The van der Waals surface area contributed by atoms with Crippen molar-refractivity contribution in [3.05, 3.63) is 87.8 Å². The third-order valence-corrected chi connectivity index (χ3v) is 8.34. The minimum absolute atomic E-state index is 0.103. The zero-order valence-electron chi connectivity index (χ0n) is 22.7. The van der Waals surface area contributed by atoms with Gasteiger partial charge in [-0.15, -0.1) is 0 Å². The molecule has 1 aliphatic heterocycles. The van der Waals surface area contributed by atoms with Crippen molar-refractivity contribution in [1.82, 2.24) is 24.3 Å². The van der Waals surface area contributed by atoms with E-state index in [1.165, 1.54) is 23.8 Å². The van der Waals surface area contributed by atoms with Crippen molar-refractivity contribution in [2.24, 2.45) is 5.14 Å². The van der Waals surface area contributed by atoms with Crippen molar-refractivity contribution in [3.8, 4) is 5.69 Å². The predicted molar refractivity (Wildman–Crippen MR) is 155 cm³/mol. The second kappa shape index (κ2) is 11.7. The van der Waals surface area contributed by atoms with E-state index in [1.807, 2.05) is 48.5 Å². The number of benzene rings is 2. The Morgan fingerprint density at radius 1 is 1.10 bits per heavy atom. The first kappa shape index (κ1) is 28.4. The summed E-state index contributed by atoms with van der Waals surface area (Å²) < 4.78 is 26.2. The molecule has 0 bridgehead atoms. The maximum Gasteiger partial charge on any atom is 0.280 e. The largest absolute Gasteiger partial charge is 0.324 e. The molecule has 0 atom stereocenters. The summed E-state index contributed by atoms with van der Waals surface area (Å²) in [5.74, 6) is -0.160. The van der Waals surface area contributed by atoms with Crippen LogP contribution < -0.4 is 21.4 Å². The van der Waals surface area contributed by atoms with Crippen LogP contribution in [0.1, 0.15) is 47.2 Å². The van der Waals surface area contributed by atoms with Gasteiger partial charge in [-0.05, 0) is 60.6 Å². The van der Waals surface area contributed by atoms with Gasteiger partial charge in [0.05, 0.1) is 12.5 Å². The summed E-state index contributed by atoms with van der Waals surface area (Å²) >= 11 is 0. The zero-order valence-corrected chi connectivity index (χ0v) is 23.5. The Bertz CT molecular complexity index is 1730. The number of amides is 1. The van der Waals surface area contributed by atoms with E-state index in [1.54, 1.807) is 4.57 Å². The van der Waals surface area contributed by atoms with Gasteiger partial charge in [0.15, 0.2) is 5.65 Å². The molecule has 2 aromatic carbocycles. The SMILES string of the molecule is CCc1ccc(-n2cc(C(=O)NOC)c(=O)c3cnc(Nc4ccc(C5CCN(S(N)(=O)=O)CC5)cc4)nc32)cc1. The first-order chi connectivity index (χ1) is 19.7. The number of nitrogens with one attached hydrogen (secondary N) is 2. The first-order valence-electron chi connectivity index (χ1n) is 13.2. The number of piperidine rings is 1. The van der Waals surface area contributed by atoms with E-state index < -0.39 is 21.5 Å². The van der Waals surface area contributed by atoms with Crippen LogP contribution in [0.3, 0.4) is 0 Å². The third-order valence-electron chi connectivity index (χ3n) is 7.26. The van der Waals surface area contributed by atoms with Gasteiger partial charge in [0, 0.05) is 36.9 Å². The van der Waals surface area contributed by atoms with Gasteiger partial charge in [-0.3, -0.25) is 14.4 Å². The van der Waals surface area contributed by atoms with Crippen molar-refractivity contribution < 1.29 is 18.0 Å². The minimum atomic E-state index is -3.66. The van der Waals surface area contributed by atoms with Crippen LogP contribution in [0.15, 0.2) is 65.7 Å². The lowest BCUT2D eigenvalue weighted by atomic mass is 9.90. The molecule has 2 aromatic heterocycles. The maximum atomic E-state index is 13.2. The number of hydrogen-bond acceptors (Lipinski definition) is 8. The molecule has 0 saturated carbocycles. The Hall–Kier alpha value is -4.17. The highest BCUT2D eigenvalue weighted by Gasteiger charge is 2.26. The number of nitrogens with zero attached hydrogens (tertiary/aromatic N) is 4. The molecule has 1 saturated heterocycles. The van der Waals surface area contributed by atoms with Crippen molar-refractivity contribution in [3.63, 3.8) is 0 Å². The number of carbonyl (C=O) groups excluding carboxylic acids is 1. The van der Waals surface area contributed by atoms with Crippen molar-refractivity contribution in [1.29, 1.82) is 0 Å². The van der Waals surface area contributed by atoms with E-state index in [0.29, 0.717) is 31.6 Å². The van der Waals surface area contributed by atoms with Crippen molar-refractivity contribution in [2.45, 2.75) is 32.1 Å². The molecule has 3 heterocycles. The summed E-state index contributed by atoms with van der Waals surface area (Å²) in [7, 11) is -2.36. The van der Waals surface area contributed by atoms with Crippen LogP contribution >= 0.6 is 0 Å². The first-order valence-corrected chi connectivity index (χ1v) is 14.7. The smallest absolute Gasteiger partial charge is 0.280 e. The highest BCUT2D eigenvalue weighted by molar-refractivity contribution is 7.86. The summed E-state index contributed by atoms with van der Waals surface area (Å²) in [6.07, 6.45) is 5.11. The predicted octanol–water partition coefficient (Wildman–Crippen LogP) is 2.76. The molecular weight excluding hydrogens is 546 g/mol. The molecule has 0 spiro atoms. The van der Waals surface area contributed by atoms with Crippen LogP contribution in [0, 0.1) is 0 Å². The Balaban J connectivity index is 1.44. The second-order valence-electron chi connectivity index (χ2n) is 9.79. The summed E-state index contributed by atoms with van der Waals surface area (Å²) in [5, 5.41) is 8.62. The number of nitrogens with two attached hydrogens (primary N) is 1. The quantitative estimate of drug-likeness (QED) is 0.269. The van der Waals surface area contributed by atoms with Crippen LogP contribution in [0.2, 0.25) is 0 Å².